The molecule has 0 bridgehead atoms. The van der Waals surface area contributed by atoms with E-state index in [2.05, 4.69) is 32.0 Å². The van der Waals surface area contributed by atoms with Crippen LogP contribution in [0, 0.1) is 11.3 Å². The second-order valence-electron chi connectivity index (χ2n) is 2.91. The lowest BCUT2D eigenvalue weighted by molar-refractivity contribution is 0.819. The van der Waals surface area contributed by atoms with Gasteiger partial charge in [-0.2, -0.15) is 5.26 Å². The van der Waals surface area contributed by atoms with Crippen LogP contribution in [0.2, 0.25) is 0 Å². The summed E-state index contributed by atoms with van der Waals surface area (Å²) in [6.45, 7) is 1.01. The lowest BCUT2D eigenvalue weighted by atomic mass is 10.1. The fourth-order valence-electron chi connectivity index (χ4n) is 1.51. The van der Waals surface area contributed by atoms with Crippen LogP contribution in [-0.4, -0.2) is 6.54 Å². The Hall–Kier alpha value is -0.480. The highest BCUT2D eigenvalue weighted by atomic mass is 127. The first-order chi connectivity index (χ1) is 6.24. The maximum Gasteiger partial charge on any atom is 0.110 e. The van der Waals surface area contributed by atoms with Gasteiger partial charge in [0.1, 0.15) is 16.6 Å². The van der Waals surface area contributed by atoms with E-state index in [0.717, 1.165) is 25.1 Å². The summed E-state index contributed by atoms with van der Waals surface area (Å²) in [7, 11) is 0. The van der Waals surface area contributed by atoms with Gasteiger partial charge in [0.25, 0.3) is 0 Å². The molecule has 2 heterocycles. The van der Waals surface area contributed by atoms with Crippen LogP contribution in [0.25, 0.3) is 0 Å². The van der Waals surface area contributed by atoms with Gasteiger partial charge in [0.15, 0.2) is 0 Å². The summed E-state index contributed by atoms with van der Waals surface area (Å²) in [5, 5.41) is 9.59. The summed E-state index contributed by atoms with van der Waals surface area (Å²) in [5.74, 6) is 0. The van der Waals surface area contributed by atoms with Gasteiger partial charge < -0.3 is 8.85 Å². The Labute approximate surface area is 94.6 Å². The smallest absolute Gasteiger partial charge is 0.110 e. The van der Waals surface area contributed by atoms with Gasteiger partial charge in [-0.25, -0.2) is 0 Å². The van der Waals surface area contributed by atoms with E-state index >= 15 is 0 Å². The molecule has 0 radical (unpaired) electrons. The van der Waals surface area contributed by atoms with Crippen molar-refractivity contribution in [1.29, 1.82) is 5.26 Å². The molecule has 1 aromatic heterocycles. The van der Waals surface area contributed by atoms with E-state index < -0.39 is 0 Å². The van der Waals surface area contributed by atoms with Crippen molar-refractivity contribution in [2.75, 3.05) is 15.4 Å². The molecule has 0 spiro atoms. The fraction of sp³-hybridized carbons (Fsp3) is 0.375. The van der Waals surface area contributed by atoms with Gasteiger partial charge in [-0.1, -0.05) is 0 Å². The maximum absolute atomic E-state index is 8.93. The van der Waals surface area contributed by atoms with Crippen molar-refractivity contribution in [2.24, 2.45) is 0 Å². The van der Waals surface area contributed by atoms with Gasteiger partial charge >= 0.3 is 0 Å². The summed E-state index contributed by atoms with van der Waals surface area (Å²) in [6, 6.07) is 2.17. The number of nitrogens with zero attached hydrogens (tertiary/aromatic N) is 2. The van der Waals surface area contributed by atoms with Crippen LogP contribution in [0.3, 0.4) is 0 Å². The number of thiophene rings is 1. The number of hydrogen-bond donors (Lipinski definition) is 1. The third kappa shape index (κ3) is 1.38. The molecule has 0 saturated carbocycles. The Kier molecular flexibility index (Phi) is 2.34. The lowest BCUT2D eigenvalue weighted by Gasteiger charge is -2.22. The van der Waals surface area contributed by atoms with Crippen LogP contribution in [0.5, 0.6) is 0 Å². The Bertz CT molecular complexity index is 379. The molecule has 1 aliphatic rings. The minimum Gasteiger partial charge on any atom is -0.389 e. The highest BCUT2D eigenvalue weighted by Crippen LogP contribution is 2.42. The molecule has 1 aliphatic heterocycles. The van der Waals surface area contributed by atoms with Gasteiger partial charge in [-0.3, -0.25) is 0 Å². The van der Waals surface area contributed by atoms with E-state index in [-0.39, 0.29) is 0 Å². The number of nitrogens with two attached hydrogens (primary N) is 1. The van der Waals surface area contributed by atoms with Crippen LogP contribution >= 0.6 is 34.2 Å². The molecule has 0 aromatic carbocycles. The number of hydrogen-bond acceptors (Lipinski definition) is 4. The second kappa shape index (κ2) is 3.35. The zero-order valence-electron chi connectivity index (χ0n) is 6.88. The molecule has 13 heavy (non-hydrogen) atoms. The van der Waals surface area contributed by atoms with Crippen molar-refractivity contribution in [3.05, 3.63) is 10.4 Å². The van der Waals surface area contributed by atoms with E-state index in [9.17, 15) is 0 Å². The molecule has 2 N–H and O–H groups in total. The lowest BCUT2D eigenvalue weighted by Crippen LogP contribution is -2.17. The Morgan fingerprint density at radius 2 is 2.38 bits per heavy atom. The molecule has 0 atom stereocenters. The Morgan fingerprint density at radius 1 is 1.62 bits per heavy atom. The first-order valence-corrected chi connectivity index (χ1v) is 5.76. The zero-order chi connectivity index (χ0) is 9.42. The summed E-state index contributed by atoms with van der Waals surface area (Å²) >= 11 is 3.80. The molecule has 1 aromatic rings. The number of anilines is 2. The van der Waals surface area contributed by atoms with Gasteiger partial charge in [0.05, 0.1) is 28.6 Å². The molecular weight excluding hydrogens is 297 g/mol. The molecule has 0 saturated heterocycles. The SMILES string of the molecule is N#Cc1c(N)sc2c1N(I)CCC2. The van der Waals surface area contributed by atoms with Crippen molar-refractivity contribution < 1.29 is 0 Å². The maximum atomic E-state index is 8.93. The van der Waals surface area contributed by atoms with Crippen molar-refractivity contribution >= 4 is 44.9 Å². The molecular formula is C8H8IN3S. The largest absolute Gasteiger partial charge is 0.389 e. The van der Waals surface area contributed by atoms with Crippen molar-refractivity contribution in [3.8, 4) is 6.07 Å². The van der Waals surface area contributed by atoms with Crippen LogP contribution in [0.1, 0.15) is 16.9 Å². The normalized spacial score (nSPS) is 15.2. The monoisotopic (exact) mass is 305 g/mol. The Balaban J connectivity index is 2.60. The summed E-state index contributed by atoms with van der Waals surface area (Å²) in [5.41, 5.74) is 7.47. The highest BCUT2D eigenvalue weighted by Gasteiger charge is 2.23. The topological polar surface area (TPSA) is 53.1 Å². The minimum absolute atomic E-state index is 0.661. The third-order valence-electron chi connectivity index (χ3n) is 2.09. The third-order valence-corrected chi connectivity index (χ3v) is 4.13. The van der Waals surface area contributed by atoms with Crippen molar-refractivity contribution in [1.82, 2.24) is 0 Å². The van der Waals surface area contributed by atoms with Gasteiger partial charge in [0, 0.05) is 11.4 Å². The highest BCUT2D eigenvalue weighted by molar-refractivity contribution is 14.1. The van der Waals surface area contributed by atoms with Crippen LogP contribution in [0.15, 0.2) is 0 Å². The second-order valence-corrected chi connectivity index (χ2v) is 5.22. The average molecular weight is 305 g/mol. The van der Waals surface area contributed by atoms with E-state index in [1.807, 2.05) is 0 Å². The molecule has 0 fully saturated rings. The quantitative estimate of drug-likeness (QED) is 0.591. The number of fused-ring (bicyclic) bond motifs is 1. The number of halogens is 1. The molecule has 0 amide bonds. The average Bonchev–Trinajstić information content (AvgIpc) is 2.42. The van der Waals surface area contributed by atoms with Crippen molar-refractivity contribution in [2.45, 2.75) is 12.8 Å². The predicted octanol–water partition coefficient (Wildman–Crippen LogP) is 2.30. The molecule has 2 rings (SSSR count). The number of aryl methyl sites for hydroxylation is 1. The standard InChI is InChI=1S/C8H8IN3S/c9-12-3-1-2-6-7(12)5(4-10)8(11)13-6/h1-3,11H2. The molecule has 68 valence electrons. The Morgan fingerprint density at radius 3 is 3.08 bits per heavy atom. The molecule has 5 heteroatoms. The number of nitrogen functional groups attached to an aromatic ring is 1. The van der Waals surface area contributed by atoms with Gasteiger partial charge in [-0.15, -0.1) is 11.3 Å². The van der Waals surface area contributed by atoms with E-state index in [4.69, 9.17) is 11.0 Å². The predicted molar refractivity (Wildman–Crippen MR) is 63.1 cm³/mol. The first kappa shape index (κ1) is 9.09. The van der Waals surface area contributed by atoms with E-state index in [1.165, 1.54) is 4.88 Å². The van der Waals surface area contributed by atoms with Crippen LogP contribution < -0.4 is 8.85 Å². The minimum atomic E-state index is 0.661. The van der Waals surface area contributed by atoms with Gasteiger partial charge in [0.2, 0.25) is 0 Å². The fourth-order valence-corrected chi connectivity index (χ4v) is 3.61. The van der Waals surface area contributed by atoms with Crippen molar-refractivity contribution in [3.63, 3.8) is 0 Å². The zero-order valence-corrected chi connectivity index (χ0v) is 9.85. The summed E-state index contributed by atoms with van der Waals surface area (Å²) < 4.78 is 2.10. The number of nitriles is 1. The van der Waals surface area contributed by atoms with Crippen LogP contribution in [-0.2, 0) is 6.42 Å². The summed E-state index contributed by atoms with van der Waals surface area (Å²) in [6.07, 6.45) is 2.21. The van der Waals surface area contributed by atoms with E-state index in [1.54, 1.807) is 11.3 Å². The van der Waals surface area contributed by atoms with Gasteiger partial charge in [-0.05, 0) is 12.8 Å². The molecule has 3 nitrogen and oxygen atoms in total. The number of rotatable bonds is 0. The first-order valence-electron chi connectivity index (χ1n) is 3.98. The molecule has 0 aliphatic carbocycles. The molecule has 0 unspecified atom stereocenters. The van der Waals surface area contributed by atoms with E-state index in [0.29, 0.717) is 10.6 Å². The summed E-state index contributed by atoms with van der Waals surface area (Å²) in [4.78, 5) is 1.26. The van der Waals surface area contributed by atoms with Crippen LogP contribution in [0.4, 0.5) is 10.7 Å².